The highest BCUT2D eigenvalue weighted by molar-refractivity contribution is 14.1. The van der Waals surface area contributed by atoms with Crippen molar-refractivity contribution in [2.24, 2.45) is 0 Å². The van der Waals surface area contributed by atoms with Gasteiger partial charge < -0.3 is 16.2 Å². The van der Waals surface area contributed by atoms with E-state index in [-0.39, 0.29) is 17.2 Å². The number of carboxylic acid groups (broad SMARTS) is 1. The van der Waals surface area contributed by atoms with Crippen LogP contribution in [0.5, 0.6) is 0 Å². The van der Waals surface area contributed by atoms with E-state index in [9.17, 15) is 9.59 Å². The molecule has 4 N–H and O–H groups in total. The molecular formula is C14H10BrIN2O3. The number of nitrogens with one attached hydrogen (secondary N) is 1. The van der Waals surface area contributed by atoms with E-state index in [2.05, 4.69) is 21.2 Å². The Morgan fingerprint density at radius 1 is 1.14 bits per heavy atom. The monoisotopic (exact) mass is 460 g/mol. The second-order valence-electron chi connectivity index (χ2n) is 4.19. The molecule has 5 nitrogen and oxygen atoms in total. The largest absolute Gasteiger partial charge is 0.478 e. The van der Waals surface area contributed by atoms with E-state index < -0.39 is 5.97 Å². The predicted octanol–water partition coefficient (Wildman–Crippen LogP) is 3.59. The van der Waals surface area contributed by atoms with Crippen LogP contribution < -0.4 is 11.1 Å². The Morgan fingerprint density at radius 3 is 2.52 bits per heavy atom. The third-order valence-corrected chi connectivity index (χ3v) is 4.13. The number of aromatic carboxylic acids is 1. The Labute approximate surface area is 142 Å². The third kappa shape index (κ3) is 3.73. The number of nitrogens with two attached hydrogens (primary N) is 1. The first-order valence-corrected chi connectivity index (χ1v) is 7.65. The van der Waals surface area contributed by atoms with Crippen LogP contribution in [0, 0.1) is 3.57 Å². The number of amides is 1. The van der Waals surface area contributed by atoms with Crippen molar-refractivity contribution in [2.45, 2.75) is 0 Å². The lowest BCUT2D eigenvalue weighted by Gasteiger charge is -2.10. The van der Waals surface area contributed by atoms with Crippen LogP contribution >= 0.6 is 38.5 Å². The standard InChI is InChI=1S/C14H10BrIN2O3/c15-7-1-3-11(16)9(5-7)13(19)18-12-4-2-8(17)6-10(12)14(20)21/h1-6H,17H2,(H,18,19)(H,20,21). The van der Waals surface area contributed by atoms with Gasteiger partial charge in [-0.05, 0) is 59.0 Å². The number of halogens is 2. The number of hydrogen-bond acceptors (Lipinski definition) is 3. The molecule has 0 atom stereocenters. The number of hydrogen-bond donors (Lipinski definition) is 3. The Bertz CT molecular complexity index is 734. The molecule has 7 heteroatoms. The Morgan fingerprint density at radius 2 is 1.86 bits per heavy atom. The molecule has 1 amide bonds. The Balaban J connectivity index is 2.36. The first kappa shape index (κ1) is 15.8. The van der Waals surface area contributed by atoms with E-state index in [1.807, 2.05) is 28.7 Å². The second kappa shape index (κ2) is 6.44. The SMILES string of the molecule is Nc1ccc(NC(=O)c2cc(Br)ccc2I)c(C(=O)O)c1. The summed E-state index contributed by atoms with van der Waals surface area (Å²) < 4.78 is 1.53. The van der Waals surface area contributed by atoms with Crippen molar-refractivity contribution in [3.05, 3.63) is 55.6 Å². The lowest BCUT2D eigenvalue weighted by Crippen LogP contribution is -2.16. The lowest BCUT2D eigenvalue weighted by molar-refractivity contribution is 0.0698. The number of carbonyl (C=O) groups is 2. The van der Waals surface area contributed by atoms with Gasteiger partial charge in [0.15, 0.2) is 0 Å². The van der Waals surface area contributed by atoms with E-state index in [0.717, 1.165) is 8.04 Å². The van der Waals surface area contributed by atoms with E-state index in [4.69, 9.17) is 10.8 Å². The minimum atomic E-state index is -1.15. The zero-order valence-electron chi connectivity index (χ0n) is 10.6. The first-order chi connectivity index (χ1) is 9.88. The highest BCUT2D eigenvalue weighted by Gasteiger charge is 2.16. The van der Waals surface area contributed by atoms with Crippen LogP contribution in [-0.2, 0) is 0 Å². The van der Waals surface area contributed by atoms with Gasteiger partial charge in [0.2, 0.25) is 0 Å². The van der Waals surface area contributed by atoms with E-state index in [0.29, 0.717) is 11.3 Å². The fourth-order valence-corrected chi connectivity index (χ4v) is 2.65. The van der Waals surface area contributed by atoms with E-state index in [1.165, 1.54) is 18.2 Å². The molecule has 0 aliphatic heterocycles. The van der Waals surface area contributed by atoms with Gasteiger partial charge in [0.25, 0.3) is 5.91 Å². The van der Waals surface area contributed by atoms with Crippen LogP contribution in [0.1, 0.15) is 20.7 Å². The molecule has 0 bridgehead atoms. The molecule has 21 heavy (non-hydrogen) atoms. The minimum absolute atomic E-state index is 0.0478. The van der Waals surface area contributed by atoms with Crippen molar-refractivity contribution in [3.8, 4) is 0 Å². The van der Waals surface area contributed by atoms with Crippen molar-refractivity contribution in [1.29, 1.82) is 0 Å². The van der Waals surface area contributed by atoms with Crippen molar-refractivity contribution < 1.29 is 14.7 Å². The maximum absolute atomic E-state index is 12.3. The van der Waals surface area contributed by atoms with Crippen molar-refractivity contribution in [2.75, 3.05) is 11.1 Å². The molecule has 2 aromatic rings. The average molecular weight is 461 g/mol. The molecule has 0 saturated heterocycles. The van der Waals surface area contributed by atoms with Gasteiger partial charge in [-0.15, -0.1) is 0 Å². The Kier molecular flexibility index (Phi) is 4.84. The zero-order chi connectivity index (χ0) is 15.6. The van der Waals surface area contributed by atoms with Gasteiger partial charge >= 0.3 is 5.97 Å². The summed E-state index contributed by atoms with van der Waals surface area (Å²) in [5, 5.41) is 11.8. The molecule has 2 aromatic carbocycles. The lowest BCUT2D eigenvalue weighted by atomic mass is 10.1. The van der Waals surface area contributed by atoms with Gasteiger partial charge in [0, 0.05) is 13.7 Å². The van der Waals surface area contributed by atoms with Gasteiger partial charge in [-0.3, -0.25) is 4.79 Å². The van der Waals surface area contributed by atoms with Gasteiger partial charge in [0.05, 0.1) is 16.8 Å². The maximum Gasteiger partial charge on any atom is 0.337 e. The number of rotatable bonds is 3. The van der Waals surface area contributed by atoms with Crippen molar-refractivity contribution in [1.82, 2.24) is 0 Å². The number of nitrogen functional groups attached to an aromatic ring is 1. The van der Waals surface area contributed by atoms with Gasteiger partial charge in [0.1, 0.15) is 0 Å². The van der Waals surface area contributed by atoms with Gasteiger partial charge in [-0.25, -0.2) is 4.79 Å². The fourth-order valence-electron chi connectivity index (χ4n) is 1.71. The summed E-state index contributed by atoms with van der Waals surface area (Å²) >= 11 is 5.35. The highest BCUT2D eigenvalue weighted by Crippen LogP contribution is 2.23. The van der Waals surface area contributed by atoms with Crippen LogP contribution in [0.15, 0.2) is 40.9 Å². The van der Waals surface area contributed by atoms with Crippen LogP contribution in [0.25, 0.3) is 0 Å². The molecule has 2 rings (SSSR count). The van der Waals surface area contributed by atoms with E-state index in [1.54, 1.807) is 12.1 Å². The summed E-state index contributed by atoms with van der Waals surface area (Å²) in [5.41, 5.74) is 6.50. The molecule has 0 aliphatic rings. The second-order valence-corrected chi connectivity index (χ2v) is 6.27. The molecular weight excluding hydrogens is 451 g/mol. The summed E-state index contributed by atoms with van der Waals surface area (Å²) in [6.45, 7) is 0. The van der Waals surface area contributed by atoms with Crippen LogP contribution in [0.4, 0.5) is 11.4 Å². The molecule has 108 valence electrons. The predicted molar refractivity (Wildman–Crippen MR) is 92.6 cm³/mol. The number of anilines is 2. The van der Waals surface area contributed by atoms with Gasteiger partial charge in [-0.1, -0.05) is 15.9 Å². The quantitative estimate of drug-likeness (QED) is 0.482. The number of benzene rings is 2. The summed E-state index contributed by atoms with van der Waals surface area (Å²) in [7, 11) is 0. The average Bonchev–Trinajstić information content (AvgIpc) is 2.43. The molecule has 0 unspecified atom stereocenters. The van der Waals surface area contributed by atoms with Crippen LogP contribution in [0.3, 0.4) is 0 Å². The maximum atomic E-state index is 12.3. The van der Waals surface area contributed by atoms with Gasteiger partial charge in [-0.2, -0.15) is 0 Å². The van der Waals surface area contributed by atoms with Crippen molar-refractivity contribution >= 4 is 61.8 Å². The number of carboxylic acids is 1. The molecule has 0 saturated carbocycles. The van der Waals surface area contributed by atoms with E-state index >= 15 is 0 Å². The van der Waals surface area contributed by atoms with Crippen LogP contribution in [-0.4, -0.2) is 17.0 Å². The molecule has 0 aliphatic carbocycles. The molecule has 0 spiro atoms. The molecule has 0 aromatic heterocycles. The molecule has 0 fully saturated rings. The zero-order valence-corrected chi connectivity index (χ0v) is 14.3. The molecule has 0 heterocycles. The third-order valence-electron chi connectivity index (χ3n) is 2.70. The van der Waals surface area contributed by atoms with Crippen LogP contribution in [0.2, 0.25) is 0 Å². The minimum Gasteiger partial charge on any atom is -0.478 e. The summed E-state index contributed by atoms with van der Waals surface area (Å²) in [4.78, 5) is 23.5. The summed E-state index contributed by atoms with van der Waals surface area (Å²) in [5.74, 6) is -1.53. The Hall–Kier alpha value is -1.61. The first-order valence-electron chi connectivity index (χ1n) is 5.77. The topological polar surface area (TPSA) is 92.4 Å². The normalized spacial score (nSPS) is 10.2. The number of carbonyl (C=O) groups excluding carboxylic acids is 1. The molecule has 0 radical (unpaired) electrons. The summed E-state index contributed by atoms with van der Waals surface area (Å²) in [6.07, 6.45) is 0. The highest BCUT2D eigenvalue weighted by atomic mass is 127. The summed E-state index contributed by atoms with van der Waals surface area (Å²) in [6, 6.07) is 9.61. The fraction of sp³-hybridized carbons (Fsp3) is 0. The van der Waals surface area contributed by atoms with Crippen molar-refractivity contribution in [3.63, 3.8) is 0 Å². The smallest absolute Gasteiger partial charge is 0.337 e.